The Morgan fingerprint density at radius 3 is 2.29 bits per heavy atom. The van der Waals surface area contributed by atoms with Crippen molar-refractivity contribution in [2.24, 2.45) is 0 Å². The predicted molar refractivity (Wildman–Crippen MR) is 228 cm³/mol. The van der Waals surface area contributed by atoms with Crippen LogP contribution in [0.3, 0.4) is 0 Å². The van der Waals surface area contributed by atoms with Gasteiger partial charge in [-0.2, -0.15) is 0 Å². The Labute approximate surface area is 306 Å². The van der Waals surface area contributed by atoms with Crippen molar-refractivity contribution in [1.29, 1.82) is 0 Å². The van der Waals surface area contributed by atoms with Crippen LogP contribution in [0, 0.1) is 0 Å². The van der Waals surface area contributed by atoms with Crippen LogP contribution in [0.4, 0.5) is 5.69 Å². The summed E-state index contributed by atoms with van der Waals surface area (Å²) in [4.78, 5) is 2.47. The topological polar surface area (TPSA) is 8.17 Å². The van der Waals surface area contributed by atoms with Gasteiger partial charge in [0.25, 0.3) is 0 Å². The number of aromatic nitrogens is 1. The summed E-state index contributed by atoms with van der Waals surface area (Å²) in [7, 11) is 0. The second kappa shape index (κ2) is 17.9. The van der Waals surface area contributed by atoms with Crippen molar-refractivity contribution >= 4 is 44.3 Å². The van der Waals surface area contributed by atoms with Crippen LogP contribution in [0.1, 0.15) is 64.0 Å². The molecule has 0 fully saturated rings. The fourth-order valence-corrected chi connectivity index (χ4v) is 7.13. The van der Waals surface area contributed by atoms with Crippen LogP contribution in [0.2, 0.25) is 0 Å². The fourth-order valence-electron chi connectivity index (χ4n) is 7.13. The fraction of sp³-hybridized carbons (Fsp3) is 0.184. The molecule has 258 valence electrons. The minimum atomic E-state index is 0.740. The molecule has 51 heavy (non-hydrogen) atoms. The largest absolute Gasteiger partial charge is 0.341 e. The molecule has 0 N–H and O–H groups in total. The molecule has 0 radical (unpaired) electrons. The number of hydrogen-bond donors (Lipinski definition) is 0. The maximum atomic E-state index is 4.64. The quantitative estimate of drug-likeness (QED) is 0.0959. The van der Waals surface area contributed by atoms with Crippen molar-refractivity contribution in [3.63, 3.8) is 0 Å². The van der Waals surface area contributed by atoms with Crippen molar-refractivity contribution in [2.45, 2.75) is 52.9 Å². The minimum Gasteiger partial charge on any atom is -0.341 e. The van der Waals surface area contributed by atoms with E-state index in [0.29, 0.717) is 0 Å². The Hall–Kier alpha value is -5.60. The van der Waals surface area contributed by atoms with Crippen molar-refractivity contribution in [1.82, 2.24) is 4.57 Å². The first kappa shape index (κ1) is 36.7. The zero-order chi connectivity index (χ0) is 36.2. The van der Waals surface area contributed by atoms with Gasteiger partial charge in [0.1, 0.15) is 0 Å². The molecule has 1 aliphatic heterocycles. The average Bonchev–Trinajstić information content (AvgIpc) is 3.51. The van der Waals surface area contributed by atoms with Gasteiger partial charge in [-0.05, 0) is 99.6 Å². The molecule has 0 aliphatic carbocycles. The van der Waals surface area contributed by atoms with E-state index in [1.807, 2.05) is 24.3 Å². The van der Waals surface area contributed by atoms with Crippen LogP contribution in [0.25, 0.3) is 38.6 Å². The Morgan fingerprint density at radius 1 is 0.824 bits per heavy atom. The SMILES string of the molecule is C=C/C=C\C(=C/C)n1c2ccccc2c2cc(C3=C/C(=C)c4ccccc4N(/C(=C/C)CC(CC/C=C\C)=C(CC=C)CC=C)C/C=C\3)ccc21. The van der Waals surface area contributed by atoms with Crippen LogP contribution in [0.15, 0.2) is 183 Å². The molecule has 1 aliphatic rings. The predicted octanol–water partition coefficient (Wildman–Crippen LogP) is 14.0. The zero-order valence-corrected chi connectivity index (χ0v) is 30.7. The van der Waals surface area contributed by atoms with E-state index in [1.165, 1.54) is 44.3 Å². The number of nitrogens with zero attached hydrogens (tertiary/aromatic N) is 2. The first-order valence-electron chi connectivity index (χ1n) is 18.1. The van der Waals surface area contributed by atoms with E-state index in [-0.39, 0.29) is 0 Å². The molecule has 2 heterocycles. The third-order valence-electron chi connectivity index (χ3n) is 9.62. The molecule has 0 spiro atoms. The lowest BCUT2D eigenvalue weighted by molar-refractivity contribution is 0.838. The van der Waals surface area contributed by atoms with E-state index < -0.39 is 0 Å². The lowest BCUT2D eigenvalue weighted by Crippen LogP contribution is -2.24. The summed E-state index contributed by atoms with van der Waals surface area (Å²) in [6.07, 6.45) is 30.3. The van der Waals surface area contributed by atoms with E-state index in [2.05, 4.69) is 172 Å². The molecular formula is C49H52N2. The van der Waals surface area contributed by atoms with Gasteiger partial charge in [0, 0.05) is 46.4 Å². The summed E-state index contributed by atoms with van der Waals surface area (Å²) in [5.74, 6) is 0. The maximum absolute atomic E-state index is 4.64. The number of para-hydroxylation sites is 2. The number of benzene rings is 3. The molecule has 0 saturated heterocycles. The van der Waals surface area contributed by atoms with Crippen LogP contribution < -0.4 is 4.90 Å². The third-order valence-corrected chi connectivity index (χ3v) is 9.62. The van der Waals surface area contributed by atoms with Gasteiger partial charge < -0.3 is 9.47 Å². The van der Waals surface area contributed by atoms with Crippen LogP contribution in [-0.4, -0.2) is 11.1 Å². The second-order valence-electron chi connectivity index (χ2n) is 12.8. The molecule has 2 nitrogen and oxygen atoms in total. The molecule has 0 saturated carbocycles. The van der Waals surface area contributed by atoms with Crippen LogP contribution in [-0.2, 0) is 0 Å². The number of hydrogen-bond acceptors (Lipinski definition) is 1. The maximum Gasteiger partial charge on any atom is 0.0541 e. The number of allylic oxidation sites excluding steroid dienone is 16. The van der Waals surface area contributed by atoms with E-state index >= 15 is 0 Å². The van der Waals surface area contributed by atoms with Gasteiger partial charge in [-0.3, -0.25) is 0 Å². The first-order chi connectivity index (χ1) is 25.0. The lowest BCUT2D eigenvalue weighted by atomic mass is 9.93. The van der Waals surface area contributed by atoms with E-state index in [1.54, 1.807) is 0 Å². The summed E-state index contributed by atoms with van der Waals surface area (Å²) in [6, 6.07) is 24.2. The normalized spacial score (nSPS) is 15.7. The summed E-state index contributed by atoms with van der Waals surface area (Å²) >= 11 is 0. The molecule has 0 bridgehead atoms. The van der Waals surface area contributed by atoms with E-state index in [9.17, 15) is 0 Å². The number of rotatable bonds is 14. The third kappa shape index (κ3) is 8.24. The molecule has 1 aromatic heterocycles. The van der Waals surface area contributed by atoms with Crippen LogP contribution in [0.5, 0.6) is 0 Å². The van der Waals surface area contributed by atoms with Gasteiger partial charge >= 0.3 is 0 Å². The molecular weight excluding hydrogens is 617 g/mol. The van der Waals surface area contributed by atoms with E-state index in [4.69, 9.17) is 0 Å². The van der Waals surface area contributed by atoms with Crippen molar-refractivity contribution in [3.05, 3.63) is 194 Å². The molecule has 4 aromatic rings. The van der Waals surface area contributed by atoms with Crippen molar-refractivity contribution in [2.75, 3.05) is 11.4 Å². The summed E-state index contributed by atoms with van der Waals surface area (Å²) in [5, 5.41) is 2.45. The monoisotopic (exact) mass is 668 g/mol. The van der Waals surface area contributed by atoms with Gasteiger partial charge in [0.05, 0.1) is 11.0 Å². The highest BCUT2D eigenvalue weighted by Crippen LogP contribution is 2.38. The number of anilines is 1. The summed E-state index contributed by atoms with van der Waals surface area (Å²) in [5.41, 5.74) is 13.2. The summed E-state index contributed by atoms with van der Waals surface area (Å²) in [6.45, 7) is 23.7. The lowest BCUT2D eigenvalue weighted by Gasteiger charge is -2.30. The number of fused-ring (bicyclic) bond motifs is 4. The molecule has 0 amide bonds. The molecule has 2 heteroatoms. The standard InChI is InChI=1S/C49H52N2/c1-8-14-16-24-40(38(22-10-3)23-11-4)35-43(13-6)50-33-21-25-39(34-37(7)44-27-17-19-29-47(44)50)41-31-32-49-46(36-41)45-28-18-20-30-48(45)51(49)42(12-5)26-15-9-2/h8-15,17-21,25-32,34,36H,2-4,7,16,22-24,33,35H2,1,5-6H3/b14-8-,25-21-,26-15-,39-34+,42-12+,43-13+. The van der Waals surface area contributed by atoms with Gasteiger partial charge in [-0.1, -0.05) is 128 Å². The summed E-state index contributed by atoms with van der Waals surface area (Å²) < 4.78 is 2.34. The van der Waals surface area contributed by atoms with Crippen molar-refractivity contribution in [3.8, 4) is 0 Å². The van der Waals surface area contributed by atoms with Gasteiger partial charge in [0.2, 0.25) is 0 Å². The van der Waals surface area contributed by atoms with Gasteiger partial charge in [-0.25, -0.2) is 0 Å². The molecule has 0 atom stereocenters. The highest BCUT2D eigenvalue weighted by molar-refractivity contribution is 6.11. The highest BCUT2D eigenvalue weighted by atomic mass is 15.1. The molecule has 3 aromatic carbocycles. The Kier molecular flexibility index (Phi) is 12.9. The Morgan fingerprint density at radius 2 is 1.57 bits per heavy atom. The molecule has 5 rings (SSSR count). The van der Waals surface area contributed by atoms with E-state index in [0.717, 1.165) is 66.6 Å². The smallest absolute Gasteiger partial charge is 0.0541 e. The molecule has 0 unspecified atom stereocenters. The first-order valence-corrected chi connectivity index (χ1v) is 18.1. The average molecular weight is 669 g/mol. The Bertz CT molecular complexity index is 2130. The Balaban J connectivity index is 1.58. The second-order valence-corrected chi connectivity index (χ2v) is 12.8. The zero-order valence-electron chi connectivity index (χ0n) is 30.7. The highest BCUT2D eigenvalue weighted by Gasteiger charge is 2.20. The van der Waals surface area contributed by atoms with Gasteiger partial charge in [0.15, 0.2) is 0 Å². The van der Waals surface area contributed by atoms with Crippen molar-refractivity contribution < 1.29 is 0 Å². The minimum absolute atomic E-state index is 0.740. The van der Waals surface area contributed by atoms with Gasteiger partial charge in [-0.15, -0.1) is 13.2 Å². The van der Waals surface area contributed by atoms with Crippen LogP contribution >= 0.6 is 0 Å².